The van der Waals surface area contributed by atoms with Crippen molar-refractivity contribution < 1.29 is 9.59 Å². The van der Waals surface area contributed by atoms with Crippen LogP contribution in [0.3, 0.4) is 0 Å². The van der Waals surface area contributed by atoms with Crippen LogP contribution in [0.2, 0.25) is 0 Å². The first-order valence-electron chi connectivity index (χ1n) is 10.6. The predicted molar refractivity (Wildman–Crippen MR) is 116 cm³/mol. The van der Waals surface area contributed by atoms with Crippen molar-refractivity contribution in [1.82, 2.24) is 9.47 Å². The molecule has 1 aliphatic carbocycles. The van der Waals surface area contributed by atoms with Gasteiger partial charge in [0, 0.05) is 24.5 Å². The fourth-order valence-electron chi connectivity index (χ4n) is 3.92. The average Bonchev–Trinajstić information content (AvgIpc) is 3.55. The molecule has 1 aromatic heterocycles. The number of pyridine rings is 1. The molecule has 0 bridgehead atoms. The van der Waals surface area contributed by atoms with Crippen molar-refractivity contribution in [2.24, 2.45) is 11.8 Å². The van der Waals surface area contributed by atoms with Crippen molar-refractivity contribution in [3.05, 3.63) is 58.5 Å². The van der Waals surface area contributed by atoms with Gasteiger partial charge in [-0.2, -0.15) is 0 Å². The zero-order chi connectivity index (χ0) is 21.3. The van der Waals surface area contributed by atoms with E-state index < -0.39 is 6.04 Å². The number of amides is 3. The molecule has 2 aromatic rings. The third-order valence-corrected chi connectivity index (χ3v) is 6.05. The van der Waals surface area contributed by atoms with Crippen LogP contribution in [0.15, 0.2) is 47.4 Å². The second-order valence-electron chi connectivity index (χ2n) is 8.39. The smallest absolute Gasteiger partial charge is 0.322 e. The van der Waals surface area contributed by atoms with E-state index in [1.165, 1.54) is 6.07 Å². The lowest BCUT2D eigenvalue weighted by molar-refractivity contribution is -0.121. The largest absolute Gasteiger partial charge is 0.324 e. The first kappa shape index (κ1) is 20.2. The monoisotopic (exact) mass is 408 g/mol. The van der Waals surface area contributed by atoms with Gasteiger partial charge in [-0.1, -0.05) is 38.5 Å². The lowest BCUT2D eigenvalue weighted by Gasteiger charge is -2.32. The number of aromatic nitrogens is 1. The van der Waals surface area contributed by atoms with Gasteiger partial charge in [0.15, 0.2) is 0 Å². The van der Waals surface area contributed by atoms with E-state index in [4.69, 9.17) is 0 Å². The molecule has 3 amide bonds. The van der Waals surface area contributed by atoms with E-state index in [0.29, 0.717) is 24.7 Å². The molecule has 1 saturated carbocycles. The summed E-state index contributed by atoms with van der Waals surface area (Å²) in [5, 5.41) is 5.88. The van der Waals surface area contributed by atoms with E-state index in [1.54, 1.807) is 21.7 Å². The second-order valence-corrected chi connectivity index (χ2v) is 8.39. The molecule has 2 unspecified atom stereocenters. The molecule has 7 nitrogen and oxygen atoms in total. The summed E-state index contributed by atoms with van der Waals surface area (Å²) in [5.74, 6) is 0.367. The molecule has 158 valence electrons. The van der Waals surface area contributed by atoms with E-state index in [9.17, 15) is 14.4 Å². The van der Waals surface area contributed by atoms with E-state index in [2.05, 4.69) is 10.6 Å². The summed E-state index contributed by atoms with van der Waals surface area (Å²) in [4.78, 5) is 40.0. The summed E-state index contributed by atoms with van der Waals surface area (Å²) in [6.45, 7) is 5.01. The molecule has 0 radical (unpaired) electrons. The molecular formula is C23H28N4O3. The van der Waals surface area contributed by atoms with Crippen LogP contribution in [0.1, 0.15) is 38.7 Å². The first-order valence-corrected chi connectivity index (χ1v) is 10.6. The first-order chi connectivity index (χ1) is 14.5. The fraction of sp³-hybridized carbons (Fsp3) is 0.435. The minimum Gasteiger partial charge on any atom is -0.324 e. The summed E-state index contributed by atoms with van der Waals surface area (Å²) in [6.07, 6.45) is 4.75. The number of fused-ring (bicyclic) bond motifs is 1. The van der Waals surface area contributed by atoms with Crippen LogP contribution < -0.4 is 16.2 Å². The highest BCUT2D eigenvalue weighted by Gasteiger charge is 2.36. The van der Waals surface area contributed by atoms with Crippen LogP contribution in [-0.4, -0.2) is 27.4 Å². The minimum absolute atomic E-state index is 0.00566. The van der Waals surface area contributed by atoms with Crippen molar-refractivity contribution in [1.29, 1.82) is 0 Å². The molecule has 1 aliphatic heterocycles. The van der Waals surface area contributed by atoms with Crippen molar-refractivity contribution in [3.63, 3.8) is 0 Å². The highest BCUT2D eigenvalue weighted by Crippen LogP contribution is 2.30. The molecule has 2 aliphatic rings. The van der Waals surface area contributed by atoms with Crippen molar-refractivity contribution in [3.8, 4) is 0 Å². The third-order valence-electron chi connectivity index (χ3n) is 6.05. The Morgan fingerprint density at radius 2 is 1.97 bits per heavy atom. The standard InChI is InChI=1S/C23H28N4O3/c1-3-15(2)21-22(29)25-19-7-5-4-6-17(19)13-27(21)23(30)24-18-10-11-20(28)26(14-18)12-16-8-9-16/h4-7,10-11,14-16,21H,3,8-9,12-13H2,1-2H3,(H,24,30)(H,25,29). The zero-order valence-corrected chi connectivity index (χ0v) is 17.4. The second kappa shape index (κ2) is 8.34. The molecular weight excluding hydrogens is 380 g/mol. The number of hydrogen-bond acceptors (Lipinski definition) is 3. The highest BCUT2D eigenvalue weighted by molar-refractivity contribution is 6.00. The van der Waals surface area contributed by atoms with Crippen LogP contribution in [0, 0.1) is 11.8 Å². The molecule has 1 fully saturated rings. The highest BCUT2D eigenvalue weighted by atomic mass is 16.2. The molecule has 1 aromatic carbocycles. The molecule has 4 rings (SSSR count). The molecule has 30 heavy (non-hydrogen) atoms. The summed E-state index contributed by atoms with van der Waals surface area (Å²) in [5.41, 5.74) is 2.12. The van der Waals surface area contributed by atoms with Gasteiger partial charge in [0.25, 0.3) is 5.56 Å². The maximum atomic E-state index is 13.3. The number of benzene rings is 1. The van der Waals surface area contributed by atoms with Gasteiger partial charge >= 0.3 is 6.03 Å². The van der Waals surface area contributed by atoms with Gasteiger partial charge in [0.1, 0.15) is 6.04 Å². The Morgan fingerprint density at radius 1 is 1.20 bits per heavy atom. The number of carbonyl (C=O) groups excluding carboxylic acids is 2. The third kappa shape index (κ3) is 4.25. The number of carbonyl (C=O) groups is 2. The number of urea groups is 1. The Labute approximate surface area is 176 Å². The zero-order valence-electron chi connectivity index (χ0n) is 17.4. The lowest BCUT2D eigenvalue weighted by atomic mass is 9.97. The van der Waals surface area contributed by atoms with Crippen LogP contribution in [0.25, 0.3) is 0 Å². The summed E-state index contributed by atoms with van der Waals surface area (Å²) in [7, 11) is 0. The topological polar surface area (TPSA) is 83.4 Å². The van der Waals surface area contributed by atoms with Crippen LogP contribution >= 0.6 is 0 Å². The van der Waals surface area contributed by atoms with Crippen LogP contribution in [0.5, 0.6) is 0 Å². The van der Waals surface area contributed by atoms with E-state index in [-0.39, 0.29) is 23.4 Å². The summed E-state index contributed by atoms with van der Waals surface area (Å²) < 4.78 is 1.66. The Hall–Kier alpha value is -3.09. The van der Waals surface area contributed by atoms with Gasteiger partial charge < -0.3 is 20.1 Å². The fourth-order valence-corrected chi connectivity index (χ4v) is 3.92. The van der Waals surface area contributed by atoms with Crippen molar-refractivity contribution in [2.75, 3.05) is 10.6 Å². The predicted octanol–water partition coefficient (Wildman–Crippen LogP) is 3.66. The normalized spacial score (nSPS) is 19.5. The Bertz CT molecular complexity index is 1010. The number of para-hydroxylation sites is 1. The van der Waals surface area contributed by atoms with Crippen molar-refractivity contribution in [2.45, 2.75) is 52.2 Å². The van der Waals surface area contributed by atoms with E-state index >= 15 is 0 Å². The van der Waals surface area contributed by atoms with E-state index in [1.807, 2.05) is 38.1 Å². The summed E-state index contributed by atoms with van der Waals surface area (Å²) in [6, 6.07) is 9.72. The molecule has 2 N–H and O–H groups in total. The van der Waals surface area contributed by atoms with Gasteiger partial charge in [0.2, 0.25) is 5.91 Å². The molecule has 2 heterocycles. The average molecular weight is 409 g/mol. The maximum absolute atomic E-state index is 13.3. The van der Waals surface area contributed by atoms with Gasteiger partial charge in [-0.15, -0.1) is 0 Å². The molecule has 0 saturated heterocycles. The number of hydrogen-bond donors (Lipinski definition) is 2. The Balaban J connectivity index is 1.61. The van der Waals surface area contributed by atoms with Crippen LogP contribution in [0.4, 0.5) is 16.2 Å². The minimum atomic E-state index is -0.584. The SMILES string of the molecule is CCC(C)C1C(=O)Nc2ccccc2CN1C(=O)Nc1ccc(=O)n(CC2CC2)c1. The van der Waals surface area contributed by atoms with Gasteiger partial charge in [0.05, 0.1) is 12.2 Å². The van der Waals surface area contributed by atoms with E-state index in [0.717, 1.165) is 30.5 Å². The molecule has 7 heteroatoms. The number of rotatable bonds is 5. The van der Waals surface area contributed by atoms with Gasteiger partial charge in [-0.3, -0.25) is 9.59 Å². The van der Waals surface area contributed by atoms with Gasteiger partial charge in [-0.25, -0.2) is 4.79 Å². The Morgan fingerprint density at radius 3 is 2.70 bits per heavy atom. The molecule has 2 atom stereocenters. The number of anilines is 2. The Kier molecular flexibility index (Phi) is 5.61. The summed E-state index contributed by atoms with van der Waals surface area (Å²) >= 11 is 0. The maximum Gasteiger partial charge on any atom is 0.322 e. The quantitative estimate of drug-likeness (QED) is 0.792. The molecule has 0 spiro atoms. The van der Waals surface area contributed by atoms with Crippen molar-refractivity contribution >= 4 is 23.3 Å². The van der Waals surface area contributed by atoms with Crippen LogP contribution in [-0.2, 0) is 17.9 Å². The number of nitrogens with zero attached hydrogens (tertiary/aromatic N) is 2. The lowest BCUT2D eigenvalue weighted by Crippen LogP contribution is -2.50. The number of nitrogens with one attached hydrogen (secondary N) is 2. The van der Waals surface area contributed by atoms with Gasteiger partial charge in [-0.05, 0) is 42.4 Å².